The highest BCUT2D eigenvalue weighted by Gasteiger charge is 2.33. The second-order valence-electron chi connectivity index (χ2n) is 6.40. The fourth-order valence-corrected chi connectivity index (χ4v) is 5.65. The molecule has 150 valence electrons. The van der Waals surface area contributed by atoms with E-state index in [-0.39, 0.29) is 35.8 Å². The van der Waals surface area contributed by atoms with Gasteiger partial charge in [-0.25, -0.2) is 8.42 Å². The smallest absolute Gasteiger partial charge is 0.309 e. The van der Waals surface area contributed by atoms with Crippen molar-refractivity contribution in [2.75, 3.05) is 25.0 Å². The third kappa shape index (κ3) is 4.60. The molecule has 2 aromatic rings. The molecule has 7 nitrogen and oxygen atoms in total. The van der Waals surface area contributed by atoms with Crippen LogP contribution in [0.4, 0.5) is 5.69 Å². The summed E-state index contributed by atoms with van der Waals surface area (Å²) in [5.41, 5.74) is 0.645. The summed E-state index contributed by atoms with van der Waals surface area (Å²) in [5.74, 6) is -0.880. The van der Waals surface area contributed by atoms with Gasteiger partial charge in [-0.3, -0.25) is 9.59 Å². The van der Waals surface area contributed by atoms with Crippen LogP contribution in [0.5, 0.6) is 0 Å². The summed E-state index contributed by atoms with van der Waals surface area (Å²) in [5, 5.41) is 4.22. The summed E-state index contributed by atoms with van der Waals surface area (Å²) < 4.78 is 32.1. The Bertz CT molecular complexity index is 932. The van der Waals surface area contributed by atoms with Gasteiger partial charge in [-0.15, -0.1) is 11.3 Å². The van der Waals surface area contributed by atoms with Crippen molar-refractivity contribution in [2.24, 2.45) is 5.92 Å². The SMILES string of the molecule is CCOC(=O)C1CCN(S(=O)(=O)c2csc(C(=O)Nc3ccccc3)c2)CC1. The molecule has 0 atom stereocenters. The van der Waals surface area contributed by atoms with E-state index >= 15 is 0 Å². The lowest BCUT2D eigenvalue weighted by Crippen LogP contribution is -2.40. The van der Waals surface area contributed by atoms with Crippen LogP contribution in [0.2, 0.25) is 0 Å². The number of anilines is 1. The first-order valence-electron chi connectivity index (χ1n) is 9.03. The number of benzene rings is 1. The van der Waals surface area contributed by atoms with E-state index in [9.17, 15) is 18.0 Å². The summed E-state index contributed by atoms with van der Waals surface area (Å²) >= 11 is 1.09. The lowest BCUT2D eigenvalue weighted by Gasteiger charge is -2.29. The molecule has 1 aliphatic heterocycles. The van der Waals surface area contributed by atoms with Crippen LogP contribution in [0, 0.1) is 5.92 Å². The summed E-state index contributed by atoms with van der Waals surface area (Å²) in [6.45, 7) is 2.58. The van der Waals surface area contributed by atoms with Crippen molar-refractivity contribution < 1.29 is 22.7 Å². The van der Waals surface area contributed by atoms with Crippen LogP contribution in [0.3, 0.4) is 0 Å². The number of sulfonamides is 1. The number of nitrogens with one attached hydrogen (secondary N) is 1. The van der Waals surface area contributed by atoms with Gasteiger partial charge in [-0.05, 0) is 38.0 Å². The minimum absolute atomic E-state index is 0.102. The lowest BCUT2D eigenvalue weighted by atomic mass is 9.98. The zero-order chi connectivity index (χ0) is 20.1. The molecule has 0 unspecified atom stereocenters. The van der Waals surface area contributed by atoms with Crippen molar-refractivity contribution in [1.29, 1.82) is 0 Å². The normalized spacial score (nSPS) is 15.9. The molecular formula is C19H22N2O5S2. The van der Waals surface area contributed by atoms with Gasteiger partial charge >= 0.3 is 5.97 Å². The zero-order valence-corrected chi connectivity index (χ0v) is 17.1. The van der Waals surface area contributed by atoms with Gasteiger partial charge in [0.1, 0.15) is 0 Å². The Morgan fingerprint density at radius 1 is 1.21 bits per heavy atom. The summed E-state index contributed by atoms with van der Waals surface area (Å²) in [6.07, 6.45) is 0.868. The molecule has 1 aromatic carbocycles. The van der Waals surface area contributed by atoms with Crippen molar-refractivity contribution in [3.63, 3.8) is 0 Å². The molecular weight excluding hydrogens is 400 g/mol. The largest absolute Gasteiger partial charge is 0.466 e. The van der Waals surface area contributed by atoms with Gasteiger partial charge in [-0.1, -0.05) is 18.2 Å². The molecule has 1 N–H and O–H groups in total. The molecule has 0 radical (unpaired) electrons. The van der Waals surface area contributed by atoms with E-state index in [1.165, 1.54) is 15.8 Å². The number of thiophene rings is 1. The van der Waals surface area contributed by atoms with Crippen molar-refractivity contribution >= 4 is 38.9 Å². The number of carbonyl (C=O) groups excluding carboxylic acids is 2. The molecule has 1 amide bonds. The van der Waals surface area contributed by atoms with E-state index in [2.05, 4.69) is 5.32 Å². The van der Waals surface area contributed by atoms with Crippen LogP contribution < -0.4 is 5.32 Å². The van der Waals surface area contributed by atoms with Gasteiger partial charge in [0.15, 0.2) is 0 Å². The molecule has 9 heteroatoms. The molecule has 28 heavy (non-hydrogen) atoms. The quantitative estimate of drug-likeness (QED) is 0.723. The third-order valence-electron chi connectivity index (χ3n) is 4.54. The van der Waals surface area contributed by atoms with Crippen molar-refractivity contribution in [3.8, 4) is 0 Å². The van der Waals surface area contributed by atoms with Gasteiger partial charge in [-0.2, -0.15) is 4.31 Å². The Balaban J connectivity index is 1.65. The second kappa shape index (κ2) is 8.85. The van der Waals surface area contributed by atoms with Crippen LogP contribution in [0.15, 0.2) is 46.7 Å². The number of hydrogen-bond donors (Lipinski definition) is 1. The number of hydrogen-bond acceptors (Lipinski definition) is 6. The van der Waals surface area contributed by atoms with Gasteiger partial charge in [0, 0.05) is 24.2 Å². The number of carbonyl (C=O) groups is 2. The van der Waals surface area contributed by atoms with Crippen molar-refractivity contribution in [3.05, 3.63) is 46.7 Å². The molecule has 1 fully saturated rings. The topological polar surface area (TPSA) is 92.8 Å². The Morgan fingerprint density at radius 2 is 1.89 bits per heavy atom. The molecule has 1 saturated heterocycles. The zero-order valence-electron chi connectivity index (χ0n) is 15.5. The Labute approximate surface area is 168 Å². The molecule has 1 aliphatic rings. The average molecular weight is 423 g/mol. The number of amides is 1. The first kappa shape index (κ1) is 20.5. The minimum Gasteiger partial charge on any atom is -0.466 e. The minimum atomic E-state index is -3.70. The maximum absolute atomic E-state index is 12.9. The van der Waals surface area contributed by atoms with Crippen molar-refractivity contribution in [1.82, 2.24) is 4.31 Å². The van der Waals surface area contributed by atoms with Crippen LogP contribution in [0.25, 0.3) is 0 Å². The van der Waals surface area contributed by atoms with E-state index in [0.717, 1.165) is 11.3 Å². The van der Waals surface area contributed by atoms with Crippen LogP contribution >= 0.6 is 11.3 Å². The van der Waals surface area contributed by atoms with Crippen LogP contribution in [-0.2, 0) is 19.6 Å². The predicted molar refractivity (Wildman–Crippen MR) is 107 cm³/mol. The monoisotopic (exact) mass is 422 g/mol. The lowest BCUT2D eigenvalue weighted by molar-refractivity contribution is -0.149. The number of ether oxygens (including phenoxy) is 1. The number of nitrogens with zero attached hydrogens (tertiary/aromatic N) is 1. The maximum Gasteiger partial charge on any atom is 0.309 e. The number of para-hydroxylation sites is 1. The number of esters is 1. The van der Waals surface area contributed by atoms with Gasteiger partial charge in [0.05, 0.1) is 22.3 Å². The molecule has 0 saturated carbocycles. The first-order chi connectivity index (χ1) is 13.4. The maximum atomic E-state index is 12.9. The van der Waals surface area contributed by atoms with Gasteiger partial charge < -0.3 is 10.1 Å². The first-order valence-corrected chi connectivity index (χ1v) is 11.4. The Kier molecular flexibility index (Phi) is 6.48. The van der Waals surface area contributed by atoms with E-state index in [1.54, 1.807) is 31.2 Å². The molecule has 3 rings (SSSR count). The predicted octanol–water partition coefficient (Wildman–Crippen LogP) is 2.96. The van der Waals surface area contributed by atoms with E-state index in [1.807, 2.05) is 6.07 Å². The second-order valence-corrected chi connectivity index (χ2v) is 9.25. The molecule has 0 bridgehead atoms. The standard InChI is InChI=1S/C19H22N2O5S2/c1-2-26-19(23)14-8-10-21(11-9-14)28(24,25)16-12-17(27-13-16)18(22)20-15-6-4-3-5-7-15/h3-7,12-14H,2,8-11H2,1H3,(H,20,22). The Hall–Kier alpha value is -2.23. The molecule has 2 heterocycles. The highest BCUT2D eigenvalue weighted by Crippen LogP contribution is 2.28. The summed E-state index contributed by atoms with van der Waals surface area (Å²) in [4.78, 5) is 24.6. The number of piperidine rings is 1. The van der Waals surface area contributed by atoms with E-state index in [0.29, 0.717) is 30.0 Å². The highest BCUT2D eigenvalue weighted by atomic mass is 32.2. The summed E-state index contributed by atoms with van der Waals surface area (Å²) in [7, 11) is -3.70. The highest BCUT2D eigenvalue weighted by molar-refractivity contribution is 7.89. The molecule has 0 spiro atoms. The van der Waals surface area contributed by atoms with Crippen LogP contribution in [0.1, 0.15) is 29.4 Å². The molecule has 1 aromatic heterocycles. The van der Waals surface area contributed by atoms with Gasteiger partial charge in [0.2, 0.25) is 10.0 Å². The van der Waals surface area contributed by atoms with E-state index in [4.69, 9.17) is 4.74 Å². The fourth-order valence-electron chi connectivity index (χ4n) is 3.03. The van der Waals surface area contributed by atoms with Crippen molar-refractivity contribution in [2.45, 2.75) is 24.7 Å². The Morgan fingerprint density at radius 3 is 2.54 bits per heavy atom. The fraction of sp³-hybridized carbons (Fsp3) is 0.368. The third-order valence-corrected chi connectivity index (χ3v) is 7.50. The van der Waals surface area contributed by atoms with Gasteiger partial charge in [0.25, 0.3) is 5.91 Å². The summed E-state index contributed by atoms with van der Waals surface area (Å²) in [6, 6.07) is 10.4. The molecule has 0 aliphatic carbocycles. The average Bonchev–Trinajstić information content (AvgIpc) is 3.20. The van der Waals surface area contributed by atoms with Crippen LogP contribution in [-0.4, -0.2) is 44.3 Å². The number of rotatable bonds is 6. The van der Waals surface area contributed by atoms with E-state index < -0.39 is 10.0 Å².